The van der Waals surface area contributed by atoms with Crippen LogP contribution >= 0.6 is 0 Å². The Morgan fingerprint density at radius 1 is 0.767 bits per heavy atom. The molecule has 0 bridgehead atoms. The molecule has 6 heteroatoms. The predicted molar refractivity (Wildman–Crippen MR) is 119 cm³/mol. The lowest BCUT2D eigenvalue weighted by Crippen LogP contribution is -2.30. The number of unbranched alkanes of at least 4 members (excludes halogenated alkanes) is 14. The molecule has 0 fully saturated rings. The Balaban J connectivity index is 3.44. The number of aliphatic hydroxyl groups is 2. The van der Waals surface area contributed by atoms with Gasteiger partial charge in [0, 0.05) is 6.42 Å². The van der Waals surface area contributed by atoms with E-state index in [0.717, 1.165) is 19.3 Å². The number of aliphatic hydroxyl groups excluding tert-OH is 2. The Hall–Kier alpha value is -1.14. The number of carbonyl (C=O) groups is 2. The molecular formula is C24H46O6. The highest BCUT2D eigenvalue weighted by Crippen LogP contribution is 2.14. The Morgan fingerprint density at radius 3 is 1.60 bits per heavy atom. The molecule has 2 N–H and O–H groups in total. The van der Waals surface area contributed by atoms with E-state index in [1.807, 2.05) is 0 Å². The highest BCUT2D eigenvalue weighted by Gasteiger charge is 2.17. The molecule has 0 aliphatic rings. The Labute approximate surface area is 183 Å². The maximum Gasteiger partial charge on any atom is 0.334 e. The Bertz CT molecular complexity index is 411. The summed E-state index contributed by atoms with van der Waals surface area (Å²) in [6.45, 7) is 2.88. The zero-order chi connectivity index (χ0) is 22.5. The van der Waals surface area contributed by atoms with E-state index in [1.54, 1.807) is 0 Å². The number of esters is 2. The van der Waals surface area contributed by atoms with Gasteiger partial charge < -0.3 is 19.7 Å². The van der Waals surface area contributed by atoms with Crippen molar-refractivity contribution in [2.45, 2.75) is 129 Å². The van der Waals surface area contributed by atoms with Crippen molar-refractivity contribution in [1.82, 2.24) is 0 Å². The molecule has 0 spiro atoms. The van der Waals surface area contributed by atoms with Crippen LogP contribution in [-0.4, -0.2) is 47.6 Å². The van der Waals surface area contributed by atoms with Crippen LogP contribution in [-0.2, 0) is 19.1 Å². The fraction of sp³-hybridized carbons (Fsp3) is 0.917. The molecule has 2 unspecified atom stereocenters. The Kier molecular flexibility index (Phi) is 20.3. The molecule has 0 saturated carbocycles. The maximum absolute atomic E-state index is 11.8. The normalized spacial score (nSPS) is 13.1. The van der Waals surface area contributed by atoms with Crippen LogP contribution in [0.25, 0.3) is 0 Å². The Morgan fingerprint density at radius 2 is 1.20 bits per heavy atom. The third-order valence-electron chi connectivity index (χ3n) is 5.24. The quantitative estimate of drug-likeness (QED) is 0.195. The van der Waals surface area contributed by atoms with Crippen LogP contribution in [0.5, 0.6) is 0 Å². The first-order chi connectivity index (χ1) is 14.5. The van der Waals surface area contributed by atoms with Crippen LogP contribution in [0.2, 0.25) is 0 Å². The van der Waals surface area contributed by atoms with Crippen molar-refractivity contribution in [3.8, 4) is 0 Å². The predicted octanol–water partition coefficient (Wildman–Crippen LogP) is 5.08. The number of hydrogen-bond donors (Lipinski definition) is 2. The van der Waals surface area contributed by atoms with Gasteiger partial charge in [-0.15, -0.1) is 0 Å². The van der Waals surface area contributed by atoms with E-state index in [1.165, 1.54) is 84.0 Å². The van der Waals surface area contributed by atoms with Crippen molar-refractivity contribution in [3.05, 3.63) is 0 Å². The van der Waals surface area contributed by atoms with Gasteiger partial charge in [0.05, 0.1) is 6.61 Å². The van der Waals surface area contributed by atoms with Gasteiger partial charge in [-0.3, -0.25) is 4.79 Å². The standard InChI is InChI=1S/C24H46O6/c1-3-4-5-6-7-8-9-10-11-12-13-14-15-16-17-18-23(27)30-22(19-25)20-29-24(28)21(2)26/h21-22,25-26H,3-20H2,1-2H3. The number of ether oxygens (including phenoxy) is 2. The second-order valence-electron chi connectivity index (χ2n) is 8.30. The molecule has 0 aromatic carbocycles. The van der Waals surface area contributed by atoms with Gasteiger partial charge in [-0.05, 0) is 13.3 Å². The molecule has 2 atom stereocenters. The lowest BCUT2D eigenvalue weighted by atomic mass is 10.0. The summed E-state index contributed by atoms with van der Waals surface area (Å²) in [6, 6.07) is 0. The summed E-state index contributed by atoms with van der Waals surface area (Å²) in [5.41, 5.74) is 0. The lowest BCUT2D eigenvalue weighted by Gasteiger charge is -2.16. The van der Waals surface area contributed by atoms with Crippen molar-refractivity contribution in [2.75, 3.05) is 13.2 Å². The molecule has 0 rings (SSSR count). The van der Waals surface area contributed by atoms with Crippen molar-refractivity contribution >= 4 is 11.9 Å². The number of rotatable bonds is 21. The molecule has 0 heterocycles. The molecule has 178 valence electrons. The second kappa shape index (κ2) is 21.1. The van der Waals surface area contributed by atoms with Crippen LogP contribution in [0, 0.1) is 0 Å². The average Bonchev–Trinajstić information content (AvgIpc) is 2.73. The highest BCUT2D eigenvalue weighted by molar-refractivity contribution is 5.73. The summed E-state index contributed by atoms with van der Waals surface area (Å²) >= 11 is 0. The van der Waals surface area contributed by atoms with Gasteiger partial charge >= 0.3 is 11.9 Å². The van der Waals surface area contributed by atoms with E-state index < -0.39 is 30.8 Å². The van der Waals surface area contributed by atoms with E-state index >= 15 is 0 Å². The molecule has 0 aliphatic carbocycles. The topological polar surface area (TPSA) is 93.1 Å². The first-order valence-electron chi connectivity index (χ1n) is 12.2. The summed E-state index contributed by atoms with van der Waals surface area (Å²) in [7, 11) is 0. The molecule has 0 aromatic heterocycles. The minimum absolute atomic E-state index is 0.245. The average molecular weight is 431 g/mol. The molecule has 0 aliphatic heterocycles. The van der Waals surface area contributed by atoms with Gasteiger partial charge in [-0.2, -0.15) is 0 Å². The van der Waals surface area contributed by atoms with Crippen LogP contribution in [0.1, 0.15) is 117 Å². The monoisotopic (exact) mass is 430 g/mol. The van der Waals surface area contributed by atoms with E-state index in [2.05, 4.69) is 6.92 Å². The zero-order valence-corrected chi connectivity index (χ0v) is 19.4. The molecular weight excluding hydrogens is 384 g/mol. The van der Waals surface area contributed by atoms with Crippen molar-refractivity contribution < 1.29 is 29.3 Å². The van der Waals surface area contributed by atoms with Crippen molar-refractivity contribution in [2.24, 2.45) is 0 Å². The molecule has 6 nitrogen and oxygen atoms in total. The van der Waals surface area contributed by atoms with E-state index in [-0.39, 0.29) is 6.61 Å². The molecule has 0 radical (unpaired) electrons. The van der Waals surface area contributed by atoms with Crippen LogP contribution in [0.15, 0.2) is 0 Å². The van der Waals surface area contributed by atoms with Gasteiger partial charge in [0.25, 0.3) is 0 Å². The smallest absolute Gasteiger partial charge is 0.334 e. The number of hydrogen-bond acceptors (Lipinski definition) is 6. The van der Waals surface area contributed by atoms with E-state index in [9.17, 15) is 14.7 Å². The SMILES string of the molecule is CCCCCCCCCCCCCCCCCC(=O)OC(CO)COC(=O)C(C)O. The first-order valence-corrected chi connectivity index (χ1v) is 12.2. The second-order valence-corrected chi connectivity index (χ2v) is 8.30. The van der Waals surface area contributed by atoms with E-state index in [0.29, 0.717) is 6.42 Å². The molecule has 0 saturated heterocycles. The van der Waals surface area contributed by atoms with Gasteiger partial charge in [0.1, 0.15) is 12.7 Å². The molecule has 0 amide bonds. The van der Waals surface area contributed by atoms with Gasteiger partial charge in [0.2, 0.25) is 0 Å². The number of carbonyl (C=O) groups excluding carboxylic acids is 2. The maximum atomic E-state index is 11.8. The summed E-state index contributed by atoms with van der Waals surface area (Å²) in [6.07, 6.45) is 17.2. The lowest BCUT2D eigenvalue weighted by molar-refractivity contribution is -0.165. The largest absolute Gasteiger partial charge is 0.460 e. The first kappa shape index (κ1) is 28.9. The summed E-state index contributed by atoms with van der Waals surface area (Å²) in [4.78, 5) is 23.0. The third-order valence-corrected chi connectivity index (χ3v) is 5.24. The highest BCUT2D eigenvalue weighted by atomic mass is 16.6. The molecule has 30 heavy (non-hydrogen) atoms. The minimum atomic E-state index is -1.24. The molecule has 0 aromatic rings. The van der Waals surface area contributed by atoms with Gasteiger partial charge in [-0.25, -0.2) is 4.79 Å². The zero-order valence-electron chi connectivity index (χ0n) is 19.4. The van der Waals surface area contributed by atoms with Gasteiger partial charge in [0.15, 0.2) is 6.10 Å². The minimum Gasteiger partial charge on any atom is -0.460 e. The van der Waals surface area contributed by atoms with E-state index in [4.69, 9.17) is 14.6 Å². The summed E-state index contributed by atoms with van der Waals surface area (Å²) < 4.78 is 9.86. The van der Waals surface area contributed by atoms with Crippen LogP contribution in [0.3, 0.4) is 0 Å². The summed E-state index contributed by atoms with van der Waals surface area (Å²) in [5.74, 6) is -1.19. The van der Waals surface area contributed by atoms with Crippen molar-refractivity contribution in [1.29, 1.82) is 0 Å². The third kappa shape index (κ3) is 18.9. The van der Waals surface area contributed by atoms with Crippen molar-refractivity contribution in [3.63, 3.8) is 0 Å². The van der Waals surface area contributed by atoms with Crippen LogP contribution in [0.4, 0.5) is 0 Å². The fourth-order valence-electron chi connectivity index (χ4n) is 3.31. The van der Waals surface area contributed by atoms with Crippen LogP contribution < -0.4 is 0 Å². The fourth-order valence-corrected chi connectivity index (χ4v) is 3.31. The van der Waals surface area contributed by atoms with Gasteiger partial charge in [-0.1, -0.05) is 96.8 Å². The summed E-state index contributed by atoms with van der Waals surface area (Å²) in [5, 5.41) is 18.2.